The Morgan fingerprint density at radius 1 is 1.00 bits per heavy atom. The van der Waals surface area contributed by atoms with Crippen molar-refractivity contribution < 1.29 is 4.42 Å². The van der Waals surface area contributed by atoms with E-state index in [1.54, 1.807) is 24.3 Å². The summed E-state index contributed by atoms with van der Waals surface area (Å²) in [6.07, 6.45) is 4.60. The van der Waals surface area contributed by atoms with Crippen LogP contribution < -0.4 is 21.5 Å². The minimum atomic E-state index is -0.508. The highest BCUT2D eigenvalue weighted by Crippen LogP contribution is 2.25. The summed E-state index contributed by atoms with van der Waals surface area (Å²) in [5.41, 5.74) is 3.06. The molecule has 0 unspecified atom stereocenters. The Balaban J connectivity index is 1.15. The summed E-state index contributed by atoms with van der Waals surface area (Å²) in [6.45, 7) is 2.82. The van der Waals surface area contributed by atoms with Crippen molar-refractivity contribution in [2.24, 2.45) is 0 Å². The number of fused-ring (bicyclic) bond motifs is 1. The number of furan rings is 1. The highest BCUT2D eigenvalue weighted by Gasteiger charge is 2.26. The number of anilines is 3. The summed E-state index contributed by atoms with van der Waals surface area (Å²) in [4.78, 5) is 26.7. The largest absolute Gasteiger partial charge is 0.464 e. The first-order chi connectivity index (χ1) is 16.1. The first kappa shape index (κ1) is 21.0. The van der Waals surface area contributed by atoms with Crippen molar-refractivity contribution in [3.8, 4) is 6.07 Å². The Kier molecular flexibility index (Phi) is 5.68. The maximum absolute atomic E-state index is 12.2. The van der Waals surface area contributed by atoms with Gasteiger partial charge in [-0.1, -0.05) is 18.2 Å². The topological polar surface area (TPSA) is 98.4 Å². The van der Waals surface area contributed by atoms with Gasteiger partial charge in [-0.2, -0.15) is 5.26 Å². The van der Waals surface area contributed by atoms with Crippen molar-refractivity contribution in [1.82, 2.24) is 4.90 Å². The van der Waals surface area contributed by atoms with Gasteiger partial charge in [0.25, 0.3) is 10.9 Å². The van der Waals surface area contributed by atoms with Crippen LogP contribution in [0.3, 0.4) is 0 Å². The molecule has 0 amide bonds. The number of nitriles is 1. The molecular formula is C26H24N4O3. The van der Waals surface area contributed by atoms with Gasteiger partial charge in [-0.3, -0.25) is 9.59 Å². The SMILES string of the molecule is N#Cc1ccc(Nc2c(NC3CCN(CCc4coc5ccccc45)CC3)c(=O)c2=O)cc1. The van der Waals surface area contributed by atoms with Gasteiger partial charge < -0.3 is 20.0 Å². The van der Waals surface area contributed by atoms with E-state index in [0.29, 0.717) is 22.6 Å². The Bertz CT molecular complexity index is 1380. The zero-order valence-electron chi connectivity index (χ0n) is 18.1. The van der Waals surface area contributed by atoms with E-state index in [0.717, 1.165) is 44.5 Å². The molecule has 2 N–H and O–H groups in total. The summed E-state index contributed by atoms with van der Waals surface area (Å²) < 4.78 is 5.64. The molecule has 0 atom stereocenters. The van der Waals surface area contributed by atoms with Crippen LogP contribution in [-0.2, 0) is 6.42 Å². The molecule has 0 bridgehead atoms. The van der Waals surface area contributed by atoms with Crippen LogP contribution in [0.1, 0.15) is 24.0 Å². The molecule has 166 valence electrons. The minimum absolute atomic E-state index is 0.154. The third-order valence-electron chi connectivity index (χ3n) is 6.39. The normalized spacial score (nSPS) is 15.0. The molecule has 0 radical (unpaired) electrons. The molecule has 4 aromatic rings. The fourth-order valence-corrected chi connectivity index (χ4v) is 4.43. The number of hydrogen-bond donors (Lipinski definition) is 2. The highest BCUT2D eigenvalue weighted by molar-refractivity contribution is 5.81. The van der Waals surface area contributed by atoms with Gasteiger partial charge in [0.2, 0.25) is 0 Å². The van der Waals surface area contributed by atoms with Crippen molar-refractivity contribution in [1.29, 1.82) is 5.26 Å². The van der Waals surface area contributed by atoms with E-state index >= 15 is 0 Å². The number of likely N-dealkylation sites (tertiary alicyclic amines) is 1. The molecule has 1 saturated heterocycles. The number of nitrogens with zero attached hydrogens (tertiary/aromatic N) is 2. The summed E-state index contributed by atoms with van der Waals surface area (Å²) >= 11 is 0. The summed E-state index contributed by atoms with van der Waals surface area (Å²) in [5, 5.41) is 16.4. The first-order valence-electron chi connectivity index (χ1n) is 11.2. The number of piperidine rings is 1. The van der Waals surface area contributed by atoms with E-state index in [2.05, 4.69) is 27.7 Å². The molecule has 7 heteroatoms. The van der Waals surface area contributed by atoms with Crippen molar-refractivity contribution in [3.63, 3.8) is 0 Å². The third-order valence-corrected chi connectivity index (χ3v) is 6.39. The number of nitrogens with one attached hydrogen (secondary N) is 2. The lowest BCUT2D eigenvalue weighted by atomic mass is 10.0. The predicted octanol–water partition coefficient (Wildman–Crippen LogP) is 3.76. The molecular weight excluding hydrogens is 416 g/mol. The first-order valence-corrected chi connectivity index (χ1v) is 11.2. The summed E-state index contributed by atoms with van der Waals surface area (Å²) in [6, 6.07) is 17.1. The smallest absolute Gasteiger partial charge is 0.253 e. The second-order valence-corrected chi connectivity index (χ2v) is 8.49. The molecule has 1 fully saturated rings. The van der Waals surface area contributed by atoms with E-state index in [1.807, 2.05) is 24.5 Å². The number of hydrogen-bond acceptors (Lipinski definition) is 7. The van der Waals surface area contributed by atoms with E-state index in [-0.39, 0.29) is 6.04 Å². The van der Waals surface area contributed by atoms with Gasteiger partial charge in [-0.05, 0) is 55.2 Å². The quantitative estimate of drug-likeness (QED) is 0.422. The van der Waals surface area contributed by atoms with Crippen LogP contribution in [0.5, 0.6) is 0 Å². The lowest BCUT2D eigenvalue weighted by Gasteiger charge is -2.33. The second kappa shape index (κ2) is 8.93. The zero-order valence-corrected chi connectivity index (χ0v) is 18.1. The fraction of sp³-hybridized carbons (Fsp3) is 0.269. The van der Waals surface area contributed by atoms with Crippen LogP contribution in [0.15, 0.2) is 68.8 Å². The molecule has 2 heterocycles. The molecule has 1 aliphatic rings. The van der Waals surface area contributed by atoms with Crippen molar-refractivity contribution in [3.05, 3.63) is 86.4 Å². The Labute approximate surface area is 190 Å². The van der Waals surface area contributed by atoms with Crippen molar-refractivity contribution >= 4 is 28.0 Å². The van der Waals surface area contributed by atoms with Crippen molar-refractivity contribution in [2.45, 2.75) is 25.3 Å². The molecule has 1 aromatic heterocycles. The van der Waals surface area contributed by atoms with Crippen LogP contribution in [0.25, 0.3) is 11.0 Å². The summed E-state index contributed by atoms with van der Waals surface area (Å²) in [5.74, 6) is 0. The van der Waals surface area contributed by atoms with Gasteiger partial charge in [-0.25, -0.2) is 0 Å². The van der Waals surface area contributed by atoms with Crippen LogP contribution in [0, 0.1) is 11.3 Å². The van der Waals surface area contributed by atoms with Crippen molar-refractivity contribution in [2.75, 3.05) is 30.3 Å². The average Bonchev–Trinajstić information content (AvgIpc) is 3.29. The monoisotopic (exact) mass is 440 g/mol. The van der Waals surface area contributed by atoms with Gasteiger partial charge in [0.15, 0.2) is 0 Å². The minimum Gasteiger partial charge on any atom is -0.464 e. The second-order valence-electron chi connectivity index (χ2n) is 8.49. The number of para-hydroxylation sites is 1. The number of benzene rings is 2. The Morgan fingerprint density at radius 3 is 2.48 bits per heavy atom. The number of rotatable bonds is 7. The molecule has 3 aromatic carbocycles. The van der Waals surface area contributed by atoms with Crippen LogP contribution in [0.4, 0.5) is 17.1 Å². The molecule has 0 spiro atoms. The zero-order chi connectivity index (χ0) is 22.8. The predicted molar refractivity (Wildman–Crippen MR) is 129 cm³/mol. The van der Waals surface area contributed by atoms with Crippen LogP contribution in [0.2, 0.25) is 0 Å². The molecule has 0 aliphatic carbocycles. The van der Waals surface area contributed by atoms with Gasteiger partial charge in [0.1, 0.15) is 17.0 Å². The molecule has 0 saturated carbocycles. The van der Waals surface area contributed by atoms with Crippen LogP contribution in [-0.4, -0.2) is 30.6 Å². The van der Waals surface area contributed by atoms with Gasteiger partial charge in [0.05, 0.1) is 17.9 Å². The maximum atomic E-state index is 12.2. The molecule has 7 nitrogen and oxygen atoms in total. The standard InChI is InChI=1S/C26H24N4O3/c27-15-17-5-7-19(8-6-17)28-23-24(26(32)25(23)31)29-20-10-13-30(14-11-20)12-9-18-16-33-22-4-2-1-3-21(18)22/h1-8,16,20,28-29H,9-14H2. The maximum Gasteiger partial charge on any atom is 0.253 e. The van der Waals surface area contributed by atoms with Gasteiger partial charge in [0, 0.05) is 36.7 Å². The average molecular weight is 441 g/mol. The lowest BCUT2D eigenvalue weighted by Crippen LogP contribution is -2.44. The van der Waals surface area contributed by atoms with E-state index in [9.17, 15) is 9.59 Å². The lowest BCUT2D eigenvalue weighted by molar-refractivity contribution is 0.221. The Hall–Kier alpha value is -3.89. The molecule has 1 aliphatic heterocycles. The Morgan fingerprint density at radius 2 is 1.73 bits per heavy atom. The van der Waals surface area contributed by atoms with Gasteiger partial charge in [-0.15, -0.1) is 0 Å². The molecule has 33 heavy (non-hydrogen) atoms. The van der Waals surface area contributed by atoms with Gasteiger partial charge >= 0.3 is 0 Å². The summed E-state index contributed by atoms with van der Waals surface area (Å²) in [7, 11) is 0. The highest BCUT2D eigenvalue weighted by atomic mass is 16.3. The molecule has 5 rings (SSSR count). The van der Waals surface area contributed by atoms with E-state index < -0.39 is 10.9 Å². The third kappa shape index (κ3) is 4.26. The van der Waals surface area contributed by atoms with Crippen LogP contribution >= 0.6 is 0 Å². The fourth-order valence-electron chi connectivity index (χ4n) is 4.43. The van der Waals surface area contributed by atoms with E-state index in [1.165, 1.54) is 10.9 Å². The van der Waals surface area contributed by atoms with E-state index in [4.69, 9.17) is 9.68 Å².